The predicted molar refractivity (Wildman–Crippen MR) is 99.7 cm³/mol. The maximum Gasteiger partial charge on any atom is 0.254 e. The Labute approximate surface area is 154 Å². The number of aromatic nitrogens is 2. The van der Waals surface area contributed by atoms with Gasteiger partial charge in [0.15, 0.2) is 0 Å². The zero-order chi connectivity index (χ0) is 18.4. The second-order valence-corrected chi connectivity index (χ2v) is 6.87. The Bertz CT molecular complexity index is 733. The molecule has 1 fully saturated rings. The van der Waals surface area contributed by atoms with Crippen LogP contribution in [0.15, 0.2) is 42.7 Å². The summed E-state index contributed by atoms with van der Waals surface area (Å²) in [5.74, 6) is 0.128. The molecule has 138 valence electrons. The highest BCUT2D eigenvalue weighted by molar-refractivity contribution is 5.93. The Morgan fingerprint density at radius 3 is 2.58 bits per heavy atom. The van der Waals surface area contributed by atoms with E-state index < -0.39 is 0 Å². The minimum Gasteiger partial charge on any atom is -0.349 e. The van der Waals surface area contributed by atoms with Crippen LogP contribution in [0, 0.1) is 0 Å². The summed E-state index contributed by atoms with van der Waals surface area (Å²) < 4.78 is 1.62. The van der Waals surface area contributed by atoms with E-state index in [0.29, 0.717) is 25.1 Å². The Kier molecular flexibility index (Phi) is 6.04. The minimum absolute atomic E-state index is 0.0919. The lowest BCUT2D eigenvalue weighted by Crippen LogP contribution is -2.46. The van der Waals surface area contributed by atoms with Crippen LogP contribution in [0.2, 0.25) is 0 Å². The number of nitrogens with one attached hydrogen (secondary N) is 1. The predicted octanol–water partition coefficient (Wildman–Crippen LogP) is 2.16. The van der Waals surface area contributed by atoms with E-state index in [-0.39, 0.29) is 17.9 Å². The molecule has 2 heterocycles. The molecule has 1 aromatic carbocycles. The lowest BCUT2D eigenvalue weighted by Gasteiger charge is -2.32. The first kappa shape index (κ1) is 18.2. The quantitative estimate of drug-likeness (QED) is 0.864. The molecular formula is C20H26N4O2. The SMILES string of the molecule is Cn1cc(C(=O)NC2CCN(C(=O)CCCc3ccccc3)CC2)cn1. The molecule has 6 heteroatoms. The van der Waals surface area contributed by atoms with Gasteiger partial charge >= 0.3 is 0 Å². The zero-order valence-electron chi connectivity index (χ0n) is 15.2. The van der Waals surface area contributed by atoms with E-state index >= 15 is 0 Å². The van der Waals surface area contributed by atoms with E-state index in [1.54, 1.807) is 24.1 Å². The molecule has 0 bridgehead atoms. The summed E-state index contributed by atoms with van der Waals surface area (Å²) in [7, 11) is 1.79. The number of benzene rings is 1. The van der Waals surface area contributed by atoms with Crippen molar-refractivity contribution >= 4 is 11.8 Å². The molecule has 0 aliphatic carbocycles. The second-order valence-electron chi connectivity index (χ2n) is 6.87. The maximum atomic E-state index is 12.4. The molecular weight excluding hydrogens is 328 g/mol. The molecule has 1 saturated heterocycles. The summed E-state index contributed by atoms with van der Waals surface area (Å²) in [6.45, 7) is 1.42. The van der Waals surface area contributed by atoms with Crippen molar-refractivity contribution in [3.8, 4) is 0 Å². The number of rotatable bonds is 6. The largest absolute Gasteiger partial charge is 0.349 e. The summed E-state index contributed by atoms with van der Waals surface area (Å²) >= 11 is 0. The van der Waals surface area contributed by atoms with Crippen LogP contribution in [0.1, 0.15) is 41.6 Å². The third kappa shape index (κ3) is 4.94. The van der Waals surface area contributed by atoms with E-state index in [0.717, 1.165) is 25.7 Å². The number of nitrogens with zero attached hydrogens (tertiary/aromatic N) is 3. The number of carbonyl (C=O) groups excluding carboxylic acids is 2. The van der Waals surface area contributed by atoms with Crippen molar-refractivity contribution in [1.29, 1.82) is 0 Å². The minimum atomic E-state index is -0.0919. The van der Waals surface area contributed by atoms with E-state index in [1.165, 1.54) is 5.56 Å². The van der Waals surface area contributed by atoms with E-state index in [1.807, 2.05) is 23.1 Å². The van der Waals surface area contributed by atoms with E-state index in [4.69, 9.17) is 0 Å². The highest BCUT2D eigenvalue weighted by Gasteiger charge is 2.24. The van der Waals surface area contributed by atoms with Crippen LogP contribution in [-0.2, 0) is 18.3 Å². The van der Waals surface area contributed by atoms with E-state index in [9.17, 15) is 9.59 Å². The molecule has 0 saturated carbocycles. The fraction of sp³-hybridized carbons (Fsp3) is 0.450. The van der Waals surface area contributed by atoms with Gasteiger partial charge in [-0.3, -0.25) is 14.3 Å². The summed E-state index contributed by atoms with van der Waals surface area (Å²) in [4.78, 5) is 26.5. The third-order valence-corrected chi connectivity index (χ3v) is 4.85. The average Bonchev–Trinajstić information content (AvgIpc) is 3.10. The van der Waals surface area contributed by atoms with Crippen LogP contribution in [0.3, 0.4) is 0 Å². The van der Waals surface area contributed by atoms with Gasteiger partial charge in [-0.25, -0.2) is 0 Å². The number of hydrogen-bond acceptors (Lipinski definition) is 3. The van der Waals surface area contributed by atoms with Crippen LogP contribution in [-0.4, -0.2) is 45.6 Å². The van der Waals surface area contributed by atoms with Crippen LogP contribution < -0.4 is 5.32 Å². The van der Waals surface area contributed by atoms with Gasteiger partial charge in [-0.1, -0.05) is 30.3 Å². The number of likely N-dealkylation sites (tertiary alicyclic amines) is 1. The lowest BCUT2D eigenvalue weighted by atomic mass is 10.0. The fourth-order valence-electron chi connectivity index (χ4n) is 3.33. The van der Waals surface area contributed by atoms with Crippen molar-refractivity contribution in [2.24, 2.45) is 7.05 Å². The van der Waals surface area contributed by atoms with Gasteiger partial charge in [0.1, 0.15) is 0 Å². The van der Waals surface area contributed by atoms with Crippen LogP contribution in [0.25, 0.3) is 0 Å². The van der Waals surface area contributed by atoms with Gasteiger partial charge < -0.3 is 10.2 Å². The summed E-state index contributed by atoms with van der Waals surface area (Å²) in [5.41, 5.74) is 1.85. The molecule has 0 radical (unpaired) electrons. The topological polar surface area (TPSA) is 67.2 Å². The fourth-order valence-corrected chi connectivity index (χ4v) is 3.33. The molecule has 6 nitrogen and oxygen atoms in total. The normalized spacial score (nSPS) is 15.0. The molecule has 2 aromatic rings. The summed E-state index contributed by atoms with van der Waals surface area (Å²) in [6, 6.07) is 10.4. The Balaban J connectivity index is 1.37. The van der Waals surface area contributed by atoms with Gasteiger partial charge in [-0.05, 0) is 31.2 Å². The first-order valence-electron chi connectivity index (χ1n) is 9.23. The van der Waals surface area contributed by atoms with Crippen LogP contribution in [0.5, 0.6) is 0 Å². The lowest BCUT2D eigenvalue weighted by molar-refractivity contribution is -0.132. The van der Waals surface area contributed by atoms with Crippen LogP contribution in [0.4, 0.5) is 0 Å². The molecule has 0 unspecified atom stereocenters. The molecule has 0 spiro atoms. The maximum absolute atomic E-state index is 12.4. The second kappa shape index (κ2) is 8.65. The summed E-state index contributed by atoms with van der Waals surface area (Å²) in [6.07, 6.45) is 7.28. The van der Waals surface area contributed by atoms with Crippen molar-refractivity contribution in [2.75, 3.05) is 13.1 Å². The monoisotopic (exact) mass is 354 g/mol. The van der Waals surface area contributed by atoms with Crippen molar-refractivity contribution < 1.29 is 9.59 Å². The number of hydrogen-bond donors (Lipinski definition) is 1. The van der Waals surface area contributed by atoms with Crippen LogP contribution >= 0.6 is 0 Å². The van der Waals surface area contributed by atoms with Gasteiger partial charge in [0.05, 0.1) is 11.8 Å². The van der Waals surface area contributed by atoms with Crippen molar-refractivity contribution in [2.45, 2.75) is 38.1 Å². The Morgan fingerprint density at radius 1 is 1.19 bits per heavy atom. The van der Waals surface area contributed by atoms with Gasteiger partial charge in [0.25, 0.3) is 5.91 Å². The molecule has 2 amide bonds. The third-order valence-electron chi connectivity index (χ3n) is 4.85. The highest BCUT2D eigenvalue weighted by atomic mass is 16.2. The Hall–Kier alpha value is -2.63. The van der Waals surface area contributed by atoms with E-state index in [2.05, 4.69) is 22.5 Å². The summed E-state index contributed by atoms with van der Waals surface area (Å²) in [5, 5.41) is 7.06. The molecule has 26 heavy (non-hydrogen) atoms. The van der Waals surface area contributed by atoms with Crippen molar-refractivity contribution in [3.05, 3.63) is 53.9 Å². The van der Waals surface area contributed by atoms with Crippen molar-refractivity contribution in [3.63, 3.8) is 0 Å². The molecule has 1 aromatic heterocycles. The van der Waals surface area contributed by atoms with Gasteiger partial charge in [0, 0.05) is 38.8 Å². The number of aryl methyl sites for hydroxylation is 2. The van der Waals surface area contributed by atoms with Gasteiger partial charge in [-0.15, -0.1) is 0 Å². The zero-order valence-corrected chi connectivity index (χ0v) is 15.2. The standard InChI is InChI=1S/C20H26N4O2/c1-23-15-17(14-21-23)20(26)22-18-10-12-24(13-11-18)19(25)9-5-8-16-6-3-2-4-7-16/h2-4,6-7,14-15,18H,5,8-13H2,1H3,(H,22,26). The number of carbonyl (C=O) groups is 2. The smallest absolute Gasteiger partial charge is 0.254 e. The molecule has 1 aliphatic heterocycles. The highest BCUT2D eigenvalue weighted by Crippen LogP contribution is 2.14. The first-order valence-corrected chi connectivity index (χ1v) is 9.23. The van der Waals surface area contributed by atoms with Crippen molar-refractivity contribution in [1.82, 2.24) is 20.0 Å². The molecule has 0 atom stereocenters. The first-order chi connectivity index (χ1) is 12.6. The molecule has 1 N–H and O–H groups in total. The average molecular weight is 354 g/mol. The van der Waals surface area contributed by atoms with Gasteiger partial charge in [-0.2, -0.15) is 5.10 Å². The number of piperidine rings is 1. The molecule has 1 aliphatic rings. The Morgan fingerprint density at radius 2 is 1.92 bits per heavy atom. The molecule has 3 rings (SSSR count). The number of amides is 2. The van der Waals surface area contributed by atoms with Gasteiger partial charge in [0.2, 0.25) is 5.91 Å².